The maximum atomic E-state index is 6.14. The normalized spacial score (nSPS) is 15.0. The van der Waals surface area contributed by atoms with Crippen molar-refractivity contribution in [3.63, 3.8) is 0 Å². The smallest absolute Gasteiger partial charge is 0.128 e. The van der Waals surface area contributed by atoms with E-state index in [4.69, 9.17) is 9.47 Å². The van der Waals surface area contributed by atoms with Crippen LogP contribution >= 0.6 is 0 Å². The molecule has 1 fully saturated rings. The van der Waals surface area contributed by atoms with Crippen molar-refractivity contribution in [3.8, 4) is 28.3 Å². The monoisotopic (exact) mass is 363 g/mol. The second-order valence-corrected chi connectivity index (χ2v) is 6.64. The van der Waals surface area contributed by atoms with Gasteiger partial charge in [0.05, 0.1) is 37.5 Å². The minimum Gasteiger partial charge on any atom is -0.493 e. The standard InChI is InChI=1S/C22H25N3O2/c1-2-7-18(8-3-1)21-22(24-17-23-21)19-9-4-5-10-20(19)27-14-6-11-25-12-15-26-16-13-25/h1-5,7-10,17H,6,11-16H2,(H,23,24). The van der Waals surface area contributed by atoms with Gasteiger partial charge in [-0.1, -0.05) is 42.5 Å². The molecule has 1 N–H and O–H groups in total. The minimum atomic E-state index is 0.698. The number of rotatable bonds is 7. The second kappa shape index (κ2) is 8.84. The van der Waals surface area contributed by atoms with E-state index in [1.807, 2.05) is 36.4 Å². The summed E-state index contributed by atoms with van der Waals surface area (Å²) in [6.07, 6.45) is 2.75. The van der Waals surface area contributed by atoms with E-state index in [0.717, 1.165) is 67.5 Å². The van der Waals surface area contributed by atoms with Gasteiger partial charge in [0.15, 0.2) is 0 Å². The summed E-state index contributed by atoms with van der Waals surface area (Å²) >= 11 is 0. The minimum absolute atomic E-state index is 0.698. The fraction of sp³-hybridized carbons (Fsp3) is 0.318. The topological polar surface area (TPSA) is 50.4 Å². The summed E-state index contributed by atoms with van der Waals surface area (Å²) in [5.41, 5.74) is 4.07. The molecule has 0 aliphatic carbocycles. The molecule has 0 spiro atoms. The Labute approximate surface area is 160 Å². The van der Waals surface area contributed by atoms with Gasteiger partial charge in [-0.3, -0.25) is 4.90 Å². The van der Waals surface area contributed by atoms with Gasteiger partial charge in [0.1, 0.15) is 5.75 Å². The van der Waals surface area contributed by atoms with Gasteiger partial charge in [-0.2, -0.15) is 0 Å². The SMILES string of the molecule is c1ccc(-c2nc[nH]c2-c2ccccc2OCCCN2CCOCC2)cc1. The quantitative estimate of drug-likeness (QED) is 0.648. The van der Waals surface area contributed by atoms with Crippen LogP contribution in [0.5, 0.6) is 5.75 Å². The highest BCUT2D eigenvalue weighted by atomic mass is 16.5. The van der Waals surface area contributed by atoms with Crippen molar-refractivity contribution in [2.45, 2.75) is 6.42 Å². The van der Waals surface area contributed by atoms with Gasteiger partial charge >= 0.3 is 0 Å². The molecule has 5 nitrogen and oxygen atoms in total. The molecule has 27 heavy (non-hydrogen) atoms. The van der Waals surface area contributed by atoms with E-state index >= 15 is 0 Å². The summed E-state index contributed by atoms with van der Waals surface area (Å²) in [6, 6.07) is 18.4. The molecule has 0 amide bonds. The van der Waals surface area contributed by atoms with Gasteiger partial charge in [0.25, 0.3) is 0 Å². The number of ether oxygens (including phenoxy) is 2. The molecule has 2 aromatic carbocycles. The first-order valence-corrected chi connectivity index (χ1v) is 9.53. The van der Waals surface area contributed by atoms with Crippen LogP contribution in [-0.4, -0.2) is 54.3 Å². The third-order valence-corrected chi connectivity index (χ3v) is 4.82. The first kappa shape index (κ1) is 17.8. The van der Waals surface area contributed by atoms with Crippen LogP contribution in [0.25, 0.3) is 22.5 Å². The van der Waals surface area contributed by atoms with E-state index < -0.39 is 0 Å². The molecule has 4 rings (SSSR count). The van der Waals surface area contributed by atoms with E-state index in [-0.39, 0.29) is 0 Å². The summed E-state index contributed by atoms with van der Waals surface area (Å²) < 4.78 is 11.5. The number of morpholine rings is 1. The van der Waals surface area contributed by atoms with Crippen molar-refractivity contribution >= 4 is 0 Å². The highest BCUT2D eigenvalue weighted by Gasteiger charge is 2.15. The number of para-hydroxylation sites is 1. The molecule has 0 bridgehead atoms. The van der Waals surface area contributed by atoms with Crippen LogP contribution in [0, 0.1) is 0 Å². The van der Waals surface area contributed by atoms with Crippen molar-refractivity contribution in [2.75, 3.05) is 39.5 Å². The number of aromatic amines is 1. The zero-order valence-electron chi connectivity index (χ0n) is 15.4. The lowest BCUT2D eigenvalue weighted by atomic mass is 10.0. The Kier molecular flexibility index (Phi) is 5.82. The lowest BCUT2D eigenvalue weighted by Crippen LogP contribution is -2.37. The van der Waals surface area contributed by atoms with Gasteiger partial charge in [-0.15, -0.1) is 0 Å². The van der Waals surface area contributed by atoms with Crippen LogP contribution in [0.2, 0.25) is 0 Å². The number of hydrogen-bond acceptors (Lipinski definition) is 4. The Morgan fingerprint density at radius 2 is 1.78 bits per heavy atom. The third kappa shape index (κ3) is 4.38. The first-order valence-electron chi connectivity index (χ1n) is 9.53. The Balaban J connectivity index is 1.45. The number of aromatic nitrogens is 2. The van der Waals surface area contributed by atoms with Gasteiger partial charge < -0.3 is 14.5 Å². The summed E-state index contributed by atoms with van der Waals surface area (Å²) in [4.78, 5) is 10.3. The molecule has 3 aromatic rings. The molecule has 0 unspecified atom stereocenters. The van der Waals surface area contributed by atoms with Crippen molar-refractivity contribution < 1.29 is 9.47 Å². The predicted octanol–water partition coefficient (Wildman–Crippen LogP) is 3.84. The van der Waals surface area contributed by atoms with Crippen LogP contribution in [-0.2, 0) is 4.74 Å². The number of nitrogens with one attached hydrogen (secondary N) is 1. The third-order valence-electron chi connectivity index (χ3n) is 4.82. The van der Waals surface area contributed by atoms with Crippen molar-refractivity contribution in [1.29, 1.82) is 0 Å². The van der Waals surface area contributed by atoms with Crippen LogP contribution < -0.4 is 4.74 Å². The summed E-state index contributed by atoms with van der Waals surface area (Å²) in [5, 5.41) is 0. The molecule has 1 saturated heterocycles. The van der Waals surface area contributed by atoms with E-state index in [1.165, 1.54) is 0 Å². The average molecular weight is 363 g/mol. The van der Waals surface area contributed by atoms with Crippen LogP contribution in [0.4, 0.5) is 0 Å². The Morgan fingerprint density at radius 1 is 1.00 bits per heavy atom. The number of nitrogens with zero attached hydrogens (tertiary/aromatic N) is 2. The van der Waals surface area contributed by atoms with E-state index in [0.29, 0.717) is 6.61 Å². The highest BCUT2D eigenvalue weighted by molar-refractivity contribution is 5.81. The molecule has 1 aromatic heterocycles. The molecule has 0 saturated carbocycles. The molecule has 0 radical (unpaired) electrons. The maximum Gasteiger partial charge on any atom is 0.128 e. The summed E-state index contributed by atoms with van der Waals surface area (Å²) in [5.74, 6) is 0.890. The maximum absolute atomic E-state index is 6.14. The van der Waals surface area contributed by atoms with Gasteiger partial charge in [0, 0.05) is 30.8 Å². The zero-order valence-corrected chi connectivity index (χ0v) is 15.4. The molecule has 1 aliphatic rings. The molecule has 5 heteroatoms. The fourth-order valence-corrected chi connectivity index (χ4v) is 3.41. The highest BCUT2D eigenvalue weighted by Crippen LogP contribution is 2.34. The van der Waals surface area contributed by atoms with Crippen LogP contribution in [0.3, 0.4) is 0 Å². The van der Waals surface area contributed by atoms with Crippen molar-refractivity contribution in [3.05, 3.63) is 60.9 Å². The number of benzene rings is 2. The summed E-state index contributed by atoms with van der Waals surface area (Å²) in [7, 11) is 0. The lowest BCUT2D eigenvalue weighted by Gasteiger charge is -2.26. The van der Waals surface area contributed by atoms with E-state index in [2.05, 4.69) is 33.1 Å². The fourth-order valence-electron chi connectivity index (χ4n) is 3.41. The Bertz CT molecular complexity index is 842. The van der Waals surface area contributed by atoms with Gasteiger partial charge in [0.2, 0.25) is 0 Å². The lowest BCUT2D eigenvalue weighted by molar-refractivity contribution is 0.0358. The number of imidazole rings is 1. The average Bonchev–Trinajstić information content (AvgIpc) is 3.23. The number of hydrogen-bond donors (Lipinski definition) is 1. The van der Waals surface area contributed by atoms with Crippen molar-refractivity contribution in [2.24, 2.45) is 0 Å². The van der Waals surface area contributed by atoms with Crippen molar-refractivity contribution in [1.82, 2.24) is 14.9 Å². The van der Waals surface area contributed by atoms with E-state index in [9.17, 15) is 0 Å². The second-order valence-electron chi connectivity index (χ2n) is 6.64. The zero-order chi connectivity index (χ0) is 18.3. The largest absolute Gasteiger partial charge is 0.493 e. The predicted molar refractivity (Wildman–Crippen MR) is 107 cm³/mol. The molecule has 0 atom stereocenters. The molecule has 140 valence electrons. The van der Waals surface area contributed by atoms with Crippen LogP contribution in [0.15, 0.2) is 60.9 Å². The molecular formula is C22H25N3O2. The molecule has 2 heterocycles. The Hall–Kier alpha value is -2.63. The Morgan fingerprint density at radius 3 is 2.63 bits per heavy atom. The first-order chi connectivity index (χ1) is 13.4. The van der Waals surface area contributed by atoms with Crippen LogP contribution in [0.1, 0.15) is 6.42 Å². The van der Waals surface area contributed by atoms with Gasteiger partial charge in [-0.05, 0) is 18.6 Å². The summed E-state index contributed by atoms with van der Waals surface area (Å²) in [6.45, 7) is 5.46. The van der Waals surface area contributed by atoms with Gasteiger partial charge in [-0.25, -0.2) is 4.98 Å². The number of H-pyrrole nitrogens is 1. The molecule has 1 aliphatic heterocycles. The van der Waals surface area contributed by atoms with E-state index in [1.54, 1.807) is 6.33 Å². The molecular weight excluding hydrogens is 338 g/mol.